The number of rotatable bonds is 8. The Morgan fingerprint density at radius 3 is 2.75 bits per heavy atom. The topological polar surface area (TPSA) is 136 Å². The van der Waals surface area contributed by atoms with Crippen LogP contribution in [0, 0.1) is 0 Å². The van der Waals surface area contributed by atoms with Gasteiger partial charge in [0.25, 0.3) is 0 Å². The number of carboxylic acids is 1. The van der Waals surface area contributed by atoms with Gasteiger partial charge >= 0.3 is 11.9 Å². The lowest BCUT2D eigenvalue weighted by Crippen LogP contribution is -2.26. The molecule has 1 saturated heterocycles. The molecule has 150 valence electrons. The van der Waals surface area contributed by atoms with Crippen LogP contribution in [0.25, 0.3) is 0 Å². The molecule has 2 rings (SSSR count). The maximum Gasteiger partial charge on any atom is 0.343 e. The van der Waals surface area contributed by atoms with Gasteiger partial charge in [0.2, 0.25) is 5.91 Å². The van der Waals surface area contributed by atoms with Crippen LogP contribution in [0.3, 0.4) is 0 Å². The van der Waals surface area contributed by atoms with Crippen LogP contribution < -0.4 is 14.8 Å². The second kappa shape index (κ2) is 10.1. The van der Waals surface area contributed by atoms with E-state index in [1.54, 1.807) is 12.1 Å². The van der Waals surface area contributed by atoms with Crippen LogP contribution in [0.5, 0.6) is 11.5 Å². The quantitative estimate of drug-likeness (QED) is 0.328. The number of carbonyl (C=O) groups is 3. The molecule has 1 amide bonds. The van der Waals surface area contributed by atoms with Crippen LogP contribution in [-0.4, -0.2) is 60.4 Å². The number of carboxylic acid groups (broad SMARTS) is 1. The fourth-order valence-corrected chi connectivity index (χ4v) is 3.35. The molecule has 1 heterocycles. The molecule has 0 saturated carbocycles. The van der Waals surface area contributed by atoms with Gasteiger partial charge in [-0.2, -0.15) is 5.10 Å². The molecule has 1 unspecified atom stereocenters. The van der Waals surface area contributed by atoms with Gasteiger partial charge in [-0.15, -0.1) is 5.10 Å². The molecule has 28 heavy (non-hydrogen) atoms. The average molecular weight is 474 g/mol. The molecule has 1 aromatic carbocycles. The zero-order valence-corrected chi connectivity index (χ0v) is 17.2. The number of nitrogens with zero attached hydrogens (tertiary/aromatic N) is 2. The van der Waals surface area contributed by atoms with Gasteiger partial charge < -0.3 is 24.6 Å². The van der Waals surface area contributed by atoms with Crippen molar-refractivity contribution >= 4 is 56.9 Å². The summed E-state index contributed by atoms with van der Waals surface area (Å²) in [6.07, 6.45) is 1.12. The van der Waals surface area contributed by atoms with Crippen LogP contribution in [-0.2, 0) is 19.1 Å². The minimum Gasteiger partial charge on any atom is -0.493 e. The van der Waals surface area contributed by atoms with Crippen LogP contribution in [0.15, 0.2) is 26.8 Å². The van der Waals surface area contributed by atoms with Gasteiger partial charge in [-0.3, -0.25) is 9.59 Å². The standard InChI is InChI=1S/C16H16BrN3O7S/c1-25-10-3-8(9(17)4-11(10)27-7-14(23)26-2)6-18-20-16-19-15(24)12(28-16)5-13(21)22/h3-4,6,12H,5,7H2,1-2H3,(H,21,22)(H,19,20,24). The van der Waals surface area contributed by atoms with Gasteiger partial charge in [0.05, 0.1) is 26.9 Å². The van der Waals surface area contributed by atoms with Crippen molar-refractivity contribution in [1.29, 1.82) is 0 Å². The summed E-state index contributed by atoms with van der Waals surface area (Å²) in [4.78, 5) is 33.6. The first-order chi connectivity index (χ1) is 13.3. The van der Waals surface area contributed by atoms with Crippen molar-refractivity contribution in [3.8, 4) is 11.5 Å². The Balaban J connectivity index is 2.10. The van der Waals surface area contributed by atoms with Gasteiger partial charge in [0.1, 0.15) is 5.25 Å². The van der Waals surface area contributed by atoms with E-state index >= 15 is 0 Å². The molecule has 1 fully saturated rings. The number of hydrogen-bond donors (Lipinski definition) is 2. The predicted octanol–water partition coefficient (Wildman–Crippen LogP) is 1.41. The van der Waals surface area contributed by atoms with E-state index in [0.717, 1.165) is 11.8 Å². The SMILES string of the molecule is COC(=O)COc1cc(Br)c(C=NN=C2NC(=O)C(CC(=O)O)S2)cc1OC. The monoisotopic (exact) mass is 473 g/mol. The Bertz CT molecular complexity index is 844. The number of thioether (sulfide) groups is 1. The first kappa shape index (κ1) is 21.7. The summed E-state index contributed by atoms with van der Waals surface area (Å²) in [5.41, 5.74) is 0.600. The van der Waals surface area contributed by atoms with Crippen LogP contribution in [0.1, 0.15) is 12.0 Å². The highest BCUT2D eigenvalue weighted by Gasteiger charge is 2.32. The molecule has 1 aliphatic rings. The van der Waals surface area contributed by atoms with Crippen molar-refractivity contribution in [2.24, 2.45) is 10.2 Å². The molecule has 0 bridgehead atoms. The second-order valence-electron chi connectivity index (χ2n) is 5.23. The van der Waals surface area contributed by atoms with Crippen molar-refractivity contribution < 1.29 is 33.7 Å². The fourth-order valence-electron chi connectivity index (χ4n) is 2.01. The summed E-state index contributed by atoms with van der Waals surface area (Å²) < 4.78 is 15.7. The summed E-state index contributed by atoms with van der Waals surface area (Å²) in [5.74, 6) is -1.32. The van der Waals surface area contributed by atoms with Crippen molar-refractivity contribution in [1.82, 2.24) is 5.32 Å². The molecule has 1 aliphatic heterocycles. The number of nitrogens with one attached hydrogen (secondary N) is 1. The summed E-state index contributed by atoms with van der Waals surface area (Å²) in [5, 5.41) is 18.5. The molecule has 0 radical (unpaired) electrons. The van der Waals surface area contributed by atoms with Gasteiger partial charge in [0.15, 0.2) is 23.3 Å². The number of ether oxygens (including phenoxy) is 3. The minimum absolute atomic E-state index is 0.216. The number of methoxy groups -OCH3 is 2. The first-order valence-corrected chi connectivity index (χ1v) is 9.38. The number of benzene rings is 1. The molecular weight excluding hydrogens is 458 g/mol. The van der Waals surface area contributed by atoms with Crippen LogP contribution >= 0.6 is 27.7 Å². The molecule has 0 aliphatic carbocycles. The number of hydrogen-bond acceptors (Lipinski definition) is 9. The van der Waals surface area contributed by atoms with E-state index in [0.29, 0.717) is 21.5 Å². The van der Waals surface area contributed by atoms with E-state index in [1.807, 2.05) is 0 Å². The number of amidine groups is 1. The summed E-state index contributed by atoms with van der Waals surface area (Å²) in [7, 11) is 2.71. The average Bonchev–Trinajstić information content (AvgIpc) is 2.99. The fraction of sp³-hybridized carbons (Fsp3) is 0.312. The Hall–Kier alpha value is -2.60. The molecule has 0 spiro atoms. The predicted molar refractivity (Wildman–Crippen MR) is 105 cm³/mol. The number of carbonyl (C=O) groups excluding carboxylic acids is 2. The lowest BCUT2D eigenvalue weighted by Gasteiger charge is -2.11. The Morgan fingerprint density at radius 2 is 2.11 bits per heavy atom. The Kier molecular flexibility index (Phi) is 7.81. The van der Waals surface area contributed by atoms with Gasteiger partial charge in [-0.05, 0) is 28.1 Å². The third-order valence-electron chi connectivity index (χ3n) is 3.34. The summed E-state index contributed by atoms with van der Waals surface area (Å²) >= 11 is 4.37. The van der Waals surface area contributed by atoms with E-state index in [-0.39, 0.29) is 18.2 Å². The normalized spacial score (nSPS) is 17.6. The molecular formula is C16H16BrN3O7S. The summed E-state index contributed by atoms with van der Waals surface area (Å²) in [6.45, 7) is -0.269. The zero-order chi connectivity index (χ0) is 20.7. The van der Waals surface area contributed by atoms with E-state index in [4.69, 9.17) is 14.6 Å². The van der Waals surface area contributed by atoms with Crippen molar-refractivity contribution in [2.45, 2.75) is 11.7 Å². The van der Waals surface area contributed by atoms with E-state index < -0.39 is 23.1 Å². The van der Waals surface area contributed by atoms with Gasteiger partial charge in [0, 0.05) is 10.0 Å². The Morgan fingerprint density at radius 1 is 1.36 bits per heavy atom. The Labute approximate surface area is 172 Å². The van der Waals surface area contributed by atoms with Crippen LogP contribution in [0.2, 0.25) is 0 Å². The van der Waals surface area contributed by atoms with E-state index in [1.165, 1.54) is 20.4 Å². The number of aliphatic carboxylic acids is 1. The molecule has 2 N–H and O–H groups in total. The zero-order valence-electron chi connectivity index (χ0n) is 14.8. The second-order valence-corrected chi connectivity index (χ2v) is 7.28. The smallest absolute Gasteiger partial charge is 0.343 e. The minimum atomic E-state index is -1.07. The van der Waals surface area contributed by atoms with Gasteiger partial charge in [-0.25, -0.2) is 4.79 Å². The number of halogens is 1. The molecule has 0 aromatic heterocycles. The lowest BCUT2D eigenvalue weighted by atomic mass is 10.2. The molecule has 1 aromatic rings. The van der Waals surface area contributed by atoms with Gasteiger partial charge in [-0.1, -0.05) is 11.8 Å². The molecule has 1 atom stereocenters. The van der Waals surface area contributed by atoms with Crippen LogP contribution in [0.4, 0.5) is 0 Å². The first-order valence-electron chi connectivity index (χ1n) is 7.71. The summed E-state index contributed by atoms with van der Waals surface area (Å²) in [6, 6.07) is 3.22. The van der Waals surface area contributed by atoms with E-state index in [2.05, 4.69) is 36.2 Å². The third kappa shape index (κ3) is 5.96. The van der Waals surface area contributed by atoms with E-state index in [9.17, 15) is 14.4 Å². The number of esters is 1. The lowest BCUT2D eigenvalue weighted by molar-refractivity contribution is -0.143. The highest BCUT2D eigenvalue weighted by Crippen LogP contribution is 2.33. The maximum absolute atomic E-state index is 11.7. The van der Waals surface area contributed by atoms with Crippen molar-refractivity contribution in [3.05, 3.63) is 22.2 Å². The molecule has 10 nitrogen and oxygen atoms in total. The van der Waals surface area contributed by atoms with Crippen molar-refractivity contribution in [2.75, 3.05) is 20.8 Å². The number of amides is 1. The largest absolute Gasteiger partial charge is 0.493 e. The molecule has 12 heteroatoms. The van der Waals surface area contributed by atoms with Crippen molar-refractivity contribution in [3.63, 3.8) is 0 Å². The highest BCUT2D eigenvalue weighted by molar-refractivity contribution is 9.10. The maximum atomic E-state index is 11.7. The third-order valence-corrected chi connectivity index (χ3v) is 5.10. The highest BCUT2D eigenvalue weighted by atomic mass is 79.9.